The van der Waals surface area contributed by atoms with Crippen LogP contribution in [0.15, 0.2) is 17.0 Å². The van der Waals surface area contributed by atoms with E-state index in [1.54, 1.807) is 12.5 Å². The molecular formula is C13H17N5O. The highest BCUT2D eigenvalue weighted by Gasteiger charge is 2.48. The van der Waals surface area contributed by atoms with Crippen molar-refractivity contribution in [3.8, 4) is 11.5 Å². The molecule has 19 heavy (non-hydrogen) atoms. The molecule has 0 amide bonds. The summed E-state index contributed by atoms with van der Waals surface area (Å²) in [5.41, 5.74) is 7.18. The highest BCUT2D eigenvalue weighted by atomic mass is 16.5. The van der Waals surface area contributed by atoms with E-state index in [9.17, 15) is 0 Å². The number of imidazole rings is 1. The second-order valence-electron chi connectivity index (χ2n) is 5.78. The molecule has 2 aliphatic carbocycles. The lowest BCUT2D eigenvalue weighted by Gasteiger charge is -2.24. The summed E-state index contributed by atoms with van der Waals surface area (Å²) < 4.78 is 7.35. The van der Waals surface area contributed by atoms with E-state index in [1.807, 2.05) is 11.6 Å². The SMILES string of the molecule is Cn1cncc1-c1noc(C2C3CCC(C3)C2N)n1. The Morgan fingerprint density at radius 2 is 2.21 bits per heavy atom. The van der Waals surface area contributed by atoms with E-state index >= 15 is 0 Å². The molecule has 0 saturated heterocycles. The van der Waals surface area contributed by atoms with E-state index < -0.39 is 0 Å². The third-order valence-corrected chi connectivity index (χ3v) is 4.75. The van der Waals surface area contributed by atoms with Crippen LogP contribution in [-0.2, 0) is 7.05 Å². The average Bonchev–Trinajstić information content (AvgIpc) is 3.10. The van der Waals surface area contributed by atoms with Gasteiger partial charge in [-0.2, -0.15) is 4.98 Å². The van der Waals surface area contributed by atoms with Gasteiger partial charge in [-0.05, 0) is 31.1 Å². The van der Waals surface area contributed by atoms with Crippen molar-refractivity contribution in [2.24, 2.45) is 24.6 Å². The highest BCUT2D eigenvalue weighted by molar-refractivity contribution is 5.47. The molecule has 4 rings (SSSR count). The lowest BCUT2D eigenvalue weighted by atomic mass is 9.85. The molecule has 2 aromatic rings. The van der Waals surface area contributed by atoms with Crippen molar-refractivity contribution in [3.05, 3.63) is 18.4 Å². The maximum absolute atomic E-state index is 6.31. The Balaban J connectivity index is 1.67. The lowest BCUT2D eigenvalue weighted by Crippen LogP contribution is -2.34. The fourth-order valence-corrected chi connectivity index (χ4v) is 3.75. The van der Waals surface area contributed by atoms with Crippen LogP contribution in [0.4, 0.5) is 0 Å². The minimum absolute atomic E-state index is 0.179. The van der Waals surface area contributed by atoms with Crippen LogP contribution in [-0.4, -0.2) is 25.7 Å². The Morgan fingerprint density at radius 1 is 1.37 bits per heavy atom. The zero-order chi connectivity index (χ0) is 13.0. The number of nitrogens with zero attached hydrogens (tertiary/aromatic N) is 4. The van der Waals surface area contributed by atoms with E-state index in [4.69, 9.17) is 10.3 Å². The van der Waals surface area contributed by atoms with Crippen molar-refractivity contribution in [1.29, 1.82) is 0 Å². The van der Waals surface area contributed by atoms with Crippen LogP contribution < -0.4 is 5.73 Å². The normalized spacial score (nSPS) is 33.2. The van der Waals surface area contributed by atoms with Crippen LogP contribution in [0, 0.1) is 11.8 Å². The van der Waals surface area contributed by atoms with Gasteiger partial charge < -0.3 is 14.8 Å². The predicted molar refractivity (Wildman–Crippen MR) is 68.0 cm³/mol. The molecule has 2 saturated carbocycles. The topological polar surface area (TPSA) is 82.8 Å². The minimum atomic E-state index is 0.179. The summed E-state index contributed by atoms with van der Waals surface area (Å²) in [5, 5.41) is 4.08. The fraction of sp³-hybridized carbons (Fsp3) is 0.615. The first-order valence-corrected chi connectivity index (χ1v) is 6.80. The summed E-state index contributed by atoms with van der Waals surface area (Å²) in [6.45, 7) is 0. The molecule has 6 heteroatoms. The molecule has 0 aliphatic heterocycles. The Hall–Kier alpha value is -1.69. The molecule has 100 valence electrons. The largest absolute Gasteiger partial charge is 0.339 e. The molecule has 2 heterocycles. The molecule has 2 bridgehead atoms. The molecule has 4 unspecified atom stereocenters. The van der Waals surface area contributed by atoms with Crippen molar-refractivity contribution in [2.75, 3.05) is 0 Å². The highest BCUT2D eigenvalue weighted by Crippen LogP contribution is 2.51. The predicted octanol–water partition coefficient (Wildman–Crippen LogP) is 1.31. The van der Waals surface area contributed by atoms with Gasteiger partial charge in [0.2, 0.25) is 11.7 Å². The average molecular weight is 259 g/mol. The standard InChI is InChI=1S/C13H17N5O/c1-18-6-15-5-9(18)12-16-13(19-17-12)10-7-2-3-8(4-7)11(10)14/h5-8,10-11H,2-4,14H2,1H3. The van der Waals surface area contributed by atoms with E-state index in [-0.39, 0.29) is 12.0 Å². The van der Waals surface area contributed by atoms with Crippen LogP contribution in [0.5, 0.6) is 0 Å². The molecule has 0 radical (unpaired) electrons. The third-order valence-electron chi connectivity index (χ3n) is 4.75. The van der Waals surface area contributed by atoms with Gasteiger partial charge in [0, 0.05) is 13.1 Å². The Labute approximate surface area is 111 Å². The summed E-state index contributed by atoms with van der Waals surface area (Å²) in [7, 11) is 1.92. The monoisotopic (exact) mass is 259 g/mol. The molecule has 2 N–H and O–H groups in total. The van der Waals surface area contributed by atoms with Gasteiger partial charge in [0.1, 0.15) is 5.69 Å². The van der Waals surface area contributed by atoms with Crippen LogP contribution >= 0.6 is 0 Å². The lowest BCUT2D eigenvalue weighted by molar-refractivity contribution is 0.279. The molecule has 6 nitrogen and oxygen atoms in total. The number of rotatable bonds is 2. The van der Waals surface area contributed by atoms with Gasteiger partial charge in [-0.3, -0.25) is 0 Å². The van der Waals surface area contributed by atoms with Gasteiger partial charge in [-0.1, -0.05) is 5.16 Å². The Morgan fingerprint density at radius 3 is 2.89 bits per heavy atom. The summed E-state index contributed by atoms with van der Waals surface area (Å²) in [4.78, 5) is 8.62. The first-order valence-electron chi connectivity index (χ1n) is 6.80. The quantitative estimate of drug-likeness (QED) is 0.879. The summed E-state index contributed by atoms with van der Waals surface area (Å²) >= 11 is 0. The molecule has 0 spiro atoms. The maximum Gasteiger partial charge on any atom is 0.231 e. The summed E-state index contributed by atoms with van der Waals surface area (Å²) in [6, 6.07) is 0.179. The number of hydrogen-bond donors (Lipinski definition) is 1. The summed E-state index contributed by atoms with van der Waals surface area (Å²) in [6.07, 6.45) is 7.19. The molecule has 4 atom stereocenters. The van der Waals surface area contributed by atoms with E-state index in [0.717, 1.165) is 5.69 Å². The maximum atomic E-state index is 6.31. The number of hydrogen-bond acceptors (Lipinski definition) is 5. The molecular weight excluding hydrogens is 242 g/mol. The van der Waals surface area contributed by atoms with E-state index in [2.05, 4.69) is 15.1 Å². The Bertz CT molecular complexity index is 602. The number of aryl methyl sites for hydroxylation is 1. The van der Waals surface area contributed by atoms with Crippen LogP contribution in [0.3, 0.4) is 0 Å². The van der Waals surface area contributed by atoms with Gasteiger partial charge in [0.25, 0.3) is 0 Å². The van der Waals surface area contributed by atoms with Crippen molar-refractivity contribution in [2.45, 2.75) is 31.2 Å². The first kappa shape index (κ1) is 11.2. The first-order chi connectivity index (χ1) is 9.24. The fourth-order valence-electron chi connectivity index (χ4n) is 3.75. The van der Waals surface area contributed by atoms with Crippen molar-refractivity contribution < 1.29 is 4.52 Å². The van der Waals surface area contributed by atoms with Crippen molar-refractivity contribution >= 4 is 0 Å². The number of fused-ring (bicyclic) bond motifs is 2. The zero-order valence-corrected chi connectivity index (χ0v) is 10.9. The third kappa shape index (κ3) is 1.56. The number of aromatic nitrogens is 4. The second kappa shape index (κ2) is 3.90. The van der Waals surface area contributed by atoms with Crippen molar-refractivity contribution in [1.82, 2.24) is 19.7 Å². The second-order valence-corrected chi connectivity index (χ2v) is 5.78. The molecule has 0 aromatic carbocycles. The van der Waals surface area contributed by atoms with Gasteiger partial charge in [0.15, 0.2) is 0 Å². The summed E-state index contributed by atoms with van der Waals surface area (Å²) in [5.74, 6) is 2.82. The van der Waals surface area contributed by atoms with E-state index in [0.29, 0.717) is 23.6 Å². The van der Waals surface area contributed by atoms with Gasteiger partial charge in [-0.15, -0.1) is 0 Å². The molecule has 2 aliphatic rings. The van der Waals surface area contributed by atoms with Gasteiger partial charge in [-0.25, -0.2) is 4.98 Å². The van der Waals surface area contributed by atoms with Gasteiger partial charge >= 0.3 is 0 Å². The van der Waals surface area contributed by atoms with Crippen molar-refractivity contribution in [3.63, 3.8) is 0 Å². The smallest absolute Gasteiger partial charge is 0.231 e. The van der Waals surface area contributed by atoms with Crippen LogP contribution in [0.2, 0.25) is 0 Å². The molecule has 2 aromatic heterocycles. The molecule has 2 fully saturated rings. The van der Waals surface area contributed by atoms with Crippen LogP contribution in [0.1, 0.15) is 31.1 Å². The zero-order valence-electron chi connectivity index (χ0n) is 10.9. The van der Waals surface area contributed by atoms with Gasteiger partial charge in [0.05, 0.1) is 18.4 Å². The van der Waals surface area contributed by atoms with Crippen LogP contribution in [0.25, 0.3) is 11.5 Å². The minimum Gasteiger partial charge on any atom is -0.339 e. The number of nitrogens with two attached hydrogens (primary N) is 1. The van der Waals surface area contributed by atoms with E-state index in [1.165, 1.54) is 19.3 Å². The Kier molecular flexibility index (Phi) is 2.29.